The molecule has 9 heavy (non-hydrogen) atoms. The minimum atomic E-state index is 0.0619. The Hall–Kier alpha value is 0.610. The Morgan fingerprint density at radius 3 is 2.67 bits per heavy atom. The number of ether oxygens (including phenoxy) is 1. The van der Waals surface area contributed by atoms with E-state index in [2.05, 4.69) is 27.4 Å². The molecule has 0 rings (SSSR count). The lowest BCUT2D eigenvalue weighted by Gasteiger charge is -2.10. The van der Waals surface area contributed by atoms with Gasteiger partial charge in [0, 0.05) is 11.5 Å². The van der Waals surface area contributed by atoms with Gasteiger partial charge in [0.2, 0.25) is 0 Å². The molecule has 1 unspecified atom stereocenters. The van der Waals surface area contributed by atoms with Gasteiger partial charge in [0.25, 0.3) is 0 Å². The molecule has 0 aromatic rings. The van der Waals surface area contributed by atoms with Crippen LogP contribution in [-0.2, 0) is 9.57 Å². The topological polar surface area (TPSA) is 44.5 Å². The van der Waals surface area contributed by atoms with E-state index in [1.807, 2.05) is 0 Å². The first-order valence-corrected chi connectivity index (χ1v) is 4.28. The molecule has 0 amide bonds. The number of alkyl halides is 1. The molecular weight excluding hydrogens is 233 g/mol. The molecule has 0 aliphatic heterocycles. The van der Waals surface area contributed by atoms with Crippen LogP contribution >= 0.6 is 22.6 Å². The molecule has 0 heterocycles. The Kier molecular flexibility index (Phi) is 7.18. The van der Waals surface area contributed by atoms with E-state index in [0.717, 1.165) is 10.8 Å². The third kappa shape index (κ3) is 5.07. The van der Waals surface area contributed by atoms with Gasteiger partial charge in [-0.2, -0.15) is 0 Å². The van der Waals surface area contributed by atoms with Crippen LogP contribution in [0.5, 0.6) is 0 Å². The summed E-state index contributed by atoms with van der Waals surface area (Å²) in [5.74, 6) is 4.96. The van der Waals surface area contributed by atoms with Gasteiger partial charge in [0.05, 0.1) is 6.61 Å². The number of rotatable bonds is 5. The summed E-state index contributed by atoms with van der Waals surface area (Å²) in [6, 6.07) is 0. The maximum absolute atomic E-state index is 4.96. The Morgan fingerprint density at radius 1 is 1.67 bits per heavy atom. The van der Waals surface area contributed by atoms with Crippen molar-refractivity contribution in [3.05, 3.63) is 0 Å². The fourth-order valence-electron chi connectivity index (χ4n) is 0.498. The molecule has 0 radical (unpaired) electrons. The average Bonchev–Trinajstić information content (AvgIpc) is 1.88. The van der Waals surface area contributed by atoms with E-state index < -0.39 is 0 Å². The lowest BCUT2D eigenvalue weighted by atomic mass is 10.3. The van der Waals surface area contributed by atoms with Gasteiger partial charge in [0.15, 0.2) is 0 Å². The van der Waals surface area contributed by atoms with E-state index in [9.17, 15) is 0 Å². The first kappa shape index (κ1) is 9.61. The Morgan fingerprint density at radius 2 is 2.33 bits per heavy atom. The molecular formula is C5H12INO2. The third-order valence-corrected chi connectivity index (χ3v) is 1.60. The molecule has 1 atom stereocenters. The van der Waals surface area contributed by atoms with Gasteiger partial charge < -0.3 is 4.74 Å². The molecule has 56 valence electrons. The minimum Gasteiger partial charge on any atom is -0.382 e. The third-order valence-electron chi connectivity index (χ3n) is 0.976. The quantitative estimate of drug-likeness (QED) is 0.441. The number of methoxy groups -OCH3 is 1. The second kappa shape index (κ2) is 6.73. The van der Waals surface area contributed by atoms with Crippen LogP contribution < -0.4 is 5.90 Å². The average molecular weight is 245 g/mol. The van der Waals surface area contributed by atoms with Crippen LogP contribution in [0.25, 0.3) is 0 Å². The first-order valence-electron chi connectivity index (χ1n) is 2.75. The molecule has 0 saturated carbocycles. The smallest absolute Gasteiger partial charge is 0.103 e. The van der Waals surface area contributed by atoms with E-state index in [-0.39, 0.29) is 6.10 Å². The summed E-state index contributed by atoms with van der Waals surface area (Å²) in [6.45, 7) is 0.583. The van der Waals surface area contributed by atoms with Crippen LogP contribution in [0.3, 0.4) is 0 Å². The summed E-state index contributed by atoms with van der Waals surface area (Å²) in [6.07, 6.45) is 1.01. The first-order chi connectivity index (χ1) is 4.35. The molecule has 0 saturated heterocycles. The molecule has 0 aromatic heterocycles. The van der Waals surface area contributed by atoms with Crippen LogP contribution in [0.4, 0.5) is 0 Å². The number of hydrogen-bond acceptors (Lipinski definition) is 3. The predicted molar refractivity (Wildman–Crippen MR) is 44.4 cm³/mol. The lowest BCUT2D eigenvalue weighted by molar-refractivity contribution is -0.00361. The van der Waals surface area contributed by atoms with Gasteiger partial charge in [-0.3, -0.25) is 4.84 Å². The summed E-state index contributed by atoms with van der Waals surface area (Å²) in [7, 11) is 1.64. The number of nitrogens with two attached hydrogens (primary N) is 1. The summed E-state index contributed by atoms with van der Waals surface area (Å²) < 4.78 is 5.88. The standard InChI is InChI=1S/C5H12INO2/c1-8-4-5(9-7)2-3-6/h5H,2-4,7H2,1H3. The van der Waals surface area contributed by atoms with Gasteiger partial charge in [-0.15, -0.1) is 0 Å². The van der Waals surface area contributed by atoms with Gasteiger partial charge in [-0.25, -0.2) is 5.90 Å². The fourth-order valence-corrected chi connectivity index (χ4v) is 1.19. The van der Waals surface area contributed by atoms with Crippen molar-refractivity contribution in [2.24, 2.45) is 5.90 Å². The molecule has 0 aliphatic rings. The molecule has 0 spiro atoms. The van der Waals surface area contributed by atoms with Crippen LogP contribution in [0.2, 0.25) is 0 Å². The van der Waals surface area contributed by atoms with E-state index >= 15 is 0 Å². The molecule has 0 bridgehead atoms. The van der Waals surface area contributed by atoms with E-state index in [1.54, 1.807) is 7.11 Å². The highest BCUT2D eigenvalue weighted by atomic mass is 127. The summed E-state index contributed by atoms with van der Waals surface area (Å²) in [4.78, 5) is 4.60. The largest absolute Gasteiger partial charge is 0.382 e. The molecule has 3 nitrogen and oxygen atoms in total. The van der Waals surface area contributed by atoms with E-state index in [4.69, 9.17) is 10.6 Å². The van der Waals surface area contributed by atoms with Crippen LogP contribution in [-0.4, -0.2) is 24.2 Å². The molecule has 2 N–H and O–H groups in total. The minimum absolute atomic E-state index is 0.0619. The maximum Gasteiger partial charge on any atom is 0.103 e. The molecule has 4 heteroatoms. The Labute approximate surface area is 69.0 Å². The number of hydrogen-bond donors (Lipinski definition) is 1. The van der Waals surface area contributed by atoms with Crippen molar-refractivity contribution < 1.29 is 9.57 Å². The van der Waals surface area contributed by atoms with Crippen molar-refractivity contribution in [3.8, 4) is 0 Å². The second-order valence-electron chi connectivity index (χ2n) is 1.69. The molecule has 0 aliphatic carbocycles. The molecule has 0 aromatic carbocycles. The van der Waals surface area contributed by atoms with Crippen molar-refractivity contribution >= 4 is 22.6 Å². The fraction of sp³-hybridized carbons (Fsp3) is 1.00. The highest BCUT2D eigenvalue weighted by Crippen LogP contribution is 1.98. The van der Waals surface area contributed by atoms with Gasteiger partial charge >= 0.3 is 0 Å². The van der Waals surface area contributed by atoms with Crippen molar-refractivity contribution in [1.29, 1.82) is 0 Å². The van der Waals surface area contributed by atoms with E-state index in [1.165, 1.54) is 0 Å². The van der Waals surface area contributed by atoms with Crippen LogP contribution in [0.1, 0.15) is 6.42 Å². The second-order valence-corrected chi connectivity index (χ2v) is 2.77. The van der Waals surface area contributed by atoms with Gasteiger partial charge in [-0.05, 0) is 6.42 Å². The highest BCUT2D eigenvalue weighted by Gasteiger charge is 2.04. The van der Waals surface area contributed by atoms with E-state index in [0.29, 0.717) is 6.61 Å². The summed E-state index contributed by atoms with van der Waals surface area (Å²) in [5.41, 5.74) is 0. The van der Waals surface area contributed by atoms with Gasteiger partial charge in [0.1, 0.15) is 6.10 Å². The molecule has 0 fully saturated rings. The lowest BCUT2D eigenvalue weighted by Crippen LogP contribution is -2.22. The predicted octanol–water partition coefficient (Wildman–Crippen LogP) is 0.717. The number of halogens is 1. The zero-order chi connectivity index (χ0) is 7.11. The van der Waals surface area contributed by atoms with Crippen molar-refractivity contribution in [2.75, 3.05) is 18.1 Å². The Bertz CT molecular complexity index is 56.9. The van der Waals surface area contributed by atoms with Crippen molar-refractivity contribution in [1.82, 2.24) is 0 Å². The van der Waals surface area contributed by atoms with Crippen LogP contribution in [0, 0.1) is 0 Å². The zero-order valence-electron chi connectivity index (χ0n) is 5.47. The monoisotopic (exact) mass is 245 g/mol. The van der Waals surface area contributed by atoms with Gasteiger partial charge in [-0.1, -0.05) is 22.6 Å². The summed E-state index contributed by atoms with van der Waals surface area (Å²) >= 11 is 2.27. The normalized spacial score (nSPS) is 13.7. The highest BCUT2D eigenvalue weighted by molar-refractivity contribution is 14.1. The summed E-state index contributed by atoms with van der Waals surface area (Å²) in [5, 5.41) is 0. The van der Waals surface area contributed by atoms with Crippen molar-refractivity contribution in [2.45, 2.75) is 12.5 Å². The SMILES string of the molecule is COCC(CCI)ON. The van der Waals surface area contributed by atoms with Crippen LogP contribution in [0.15, 0.2) is 0 Å². The Balaban J connectivity index is 3.18. The maximum atomic E-state index is 4.96. The zero-order valence-corrected chi connectivity index (χ0v) is 7.63. The van der Waals surface area contributed by atoms with Crippen molar-refractivity contribution in [3.63, 3.8) is 0 Å².